The third-order valence-electron chi connectivity index (χ3n) is 6.16. The summed E-state index contributed by atoms with van der Waals surface area (Å²) in [6.07, 6.45) is 3.93. The predicted molar refractivity (Wildman–Crippen MR) is 114 cm³/mol. The molecule has 0 aromatic heterocycles. The van der Waals surface area contributed by atoms with Gasteiger partial charge in [-0.15, -0.1) is 0 Å². The summed E-state index contributed by atoms with van der Waals surface area (Å²) in [5.41, 5.74) is 7.51. The minimum Gasteiger partial charge on any atom is -0.381 e. The molecule has 5 nitrogen and oxygen atoms in total. The van der Waals surface area contributed by atoms with Crippen LogP contribution in [0, 0.1) is 5.92 Å². The zero-order valence-electron chi connectivity index (χ0n) is 17.2. The summed E-state index contributed by atoms with van der Waals surface area (Å²) < 4.78 is 5.64. The molecule has 0 radical (unpaired) electrons. The number of ether oxygens (including phenoxy) is 1. The predicted octanol–water partition coefficient (Wildman–Crippen LogP) is 2.95. The van der Waals surface area contributed by atoms with Crippen molar-refractivity contribution in [2.24, 2.45) is 11.7 Å². The van der Waals surface area contributed by atoms with E-state index in [0.717, 1.165) is 57.8 Å². The van der Waals surface area contributed by atoms with E-state index >= 15 is 0 Å². The van der Waals surface area contributed by atoms with Gasteiger partial charge in [0.1, 0.15) is 0 Å². The van der Waals surface area contributed by atoms with Gasteiger partial charge < -0.3 is 15.4 Å². The Labute approximate surface area is 174 Å². The van der Waals surface area contributed by atoms with Gasteiger partial charge in [0.15, 0.2) is 0 Å². The van der Waals surface area contributed by atoms with Crippen LogP contribution in [-0.2, 0) is 16.0 Å². The number of nitrogens with two attached hydrogens (primary N) is 1. The van der Waals surface area contributed by atoms with E-state index in [1.807, 2.05) is 29.2 Å². The molecule has 0 bridgehead atoms. The molecule has 0 unspecified atom stereocenters. The maximum atomic E-state index is 12.8. The average Bonchev–Trinajstić information content (AvgIpc) is 2.69. The molecule has 6 heteroatoms. The van der Waals surface area contributed by atoms with Crippen molar-refractivity contribution in [1.82, 2.24) is 9.80 Å². The lowest BCUT2D eigenvalue weighted by Gasteiger charge is -2.50. The molecule has 0 aliphatic carbocycles. The third kappa shape index (κ3) is 5.26. The van der Waals surface area contributed by atoms with Crippen molar-refractivity contribution in [3.8, 4) is 0 Å². The standard InChI is InChI=1S/C22H34ClN3O2/c1-17(2)16-22(7-13-28-14-8-22)26-11-9-25(10-12-26)21(27)20(24)15-18-3-5-19(23)6-4-18/h3-6,17,20H,7-16,24H2,1-2H3/t20-/m1/s1. The monoisotopic (exact) mass is 407 g/mol. The quantitative estimate of drug-likeness (QED) is 0.787. The van der Waals surface area contributed by atoms with Crippen LogP contribution in [0.2, 0.25) is 5.02 Å². The van der Waals surface area contributed by atoms with E-state index < -0.39 is 6.04 Å². The molecule has 1 aromatic rings. The Hall–Kier alpha value is -1.14. The van der Waals surface area contributed by atoms with Crippen LogP contribution in [0.5, 0.6) is 0 Å². The maximum Gasteiger partial charge on any atom is 0.239 e. The van der Waals surface area contributed by atoms with E-state index in [0.29, 0.717) is 17.4 Å². The van der Waals surface area contributed by atoms with Crippen molar-refractivity contribution in [3.05, 3.63) is 34.9 Å². The first kappa shape index (κ1) is 21.6. The second-order valence-electron chi connectivity index (χ2n) is 8.68. The molecule has 156 valence electrons. The second-order valence-corrected chi connectivity index (χ2v) is 9.12. The topological polar surface area (TPSA) is 58.8 Å². The molecule has 2 heterocycles. The fourth-order valence-corrected chi connectivity index (χ4v) is 4.88. The lowest BCUT2D eigenvalue weighted by atomic mass is 9.80. The molecule has 28 heavy (non-hydrogen) atoms. The van der Waals surface area contributed by atoms with Crippen molar-refractivity contribution >= 4 is 17.5 Å². The summed E-state index contributed by atoms with van der Waals surface area (Å²) in [6, 6.07) is 7.06. The first-order valence-electron chi connectivity index (χ1n) is 10.5. The molecule has 2 aliphatic heterocycles. The van der Waals surface area contributed by atoms with Gasteiger partial charge in [-0.2, -0.15) is 0 Å². The normalized spacial score (nSPS) is 21.7. The first-order valence-corrected chi connectivity index (χ1v) is 10.9. The van der Waals surface area contributed by atoms with Crippen molar-refractivity contribution in [2.45, 2.75) is 51.1 Å². The Morgan fingerprint density at radius 1 is 1.14 bits per heavy atom. The number of hydrogen-bond acceptors (Lipinski definition) is 4. The number of hydrogen-bond donors (Lipinski definition) is 1. The molecule has 1 atom stereocenters. The van der Waals surface area contributed by atoms with Crippen LogP contribution in [0.25, 0.3) is 0 Å². The van der Waals surface area contributed by atoms with Gasteiger partial charge in [-0.25, -0.2) is 0 Å². The number of nitrogens with zero attached hydrogens (tertiary/aromatic N) is 2. The molecule has 0 saturated carbocycles. The van der Waals surface area contributed by atoms with Crippen LogP contribution in [0.3, 0.4) is 0 Å². The van der Waals surface area contributed by atoms with Crippen molar-refractivity contribution in [2.75, 3.05) is 39.4 Å². The molecule has 2 N–H and O–H groups in total. The lowest BCUT2D eigenvalue weighted by Crippen LogP contribution is -2.61. The number of carbonyl (C=O) groups excluding carboxylic acids is 1. The largest absolute Gasteiger partial charge is 0.381 e. The van der Waals surface area contributed by atoms with E-state index in [1.165, 1.54) is 6.42 Å². The third-order valence-corrected chi connectivity index (χ3v) is 6.41. The Morgan fingerprint density at radius 3 is 2.32 bits per heavy atom. The fourth-order valence-electron chi connectivity index (χ4n) is 4.76. The Morgan fingerprint density at radius 2 is 1.75 bits per heavy atom. The lowest BCUT2D eigenvalue weighted by molar-refractivity contribution is -0.136. The van der Waals surface area contributed by atoms with Crippen LogP contribution >= 0.6 is 11.6 Å². The number of halogens is 1. The van der Waals surface area contributed by atoms with Gasteiger partial charge in [0.05, 0.1) is 6.04 Å². The Kier molecular flexibility index (Phi) is 7.37. The molecule has 1 amide bonds. The molecule has 3 rings (SSSR count). The van der Waals surface area contributed by atoms with Crippen molar-refractivity contribution < 1.29 is 9.53 Å². The summed E-state index contributed by atoms with van der Waals surface area (Å²) in [5.74, 6) is 0.713. The minimum absolute atomic E-state index is 0.0551. The fraction of sp³-hybridized carbons (Fsp3) is 0.682. The molecule has 2 saturated heterocycles. The number of carbonyl (C=O) groups is 1. The van der Waals surface area contributed by atoms with Gasteiger partial charge in [-0.1, -0.05) is 37.6 Å². The van der Waals surface area contributed by atoms with Crippen LogP contribution in [-0.4, -0.2) is 66.7 Å². The minimum atomic E-state index is -0.500. The molecule has 1 aromatic carbocycles. The van der Waals surface area contributed by atoms with Crippen molar-refractivity contribution in [3.63, 3.8) is 0 Å². The highest BCUT2D eigenvalue weighted by Gasteiger charge is 2.40. The molecule has 2 fully saturated rings. The van der Waals surface area contributed by atoms with Crippen molar-refractivity contribution in [1.29, 1.82) is 0 Å². The summed E-state index contributed by atoms with van der Waals surface area (Å²) in [4.78, 5) is 17.4. The van der Waals surface area contributed by atoms with E-state index in [4.69, 9.17) is 22.1 Å². The van der Waals surface area contributed by atoms with Gasteiger partial charge in [0.2, 0.25) is 5.91 Å². The second kappa shape index (κ2) is 9.57. The summed E-state index contributed by atoms with van der Waals surface area (Å²) >= 11 is 5.93. The van der Waals surface area contributed by atoms with Crippen LogP contribution < -0.4 is 5.73 Å². The highest BCUT2D eigenvalue weighted by molar-refractivity contribution is 6.30. The van der Waals surface area contributed by atoms with E-state index in [-0.39, 0.29) is 11.4 Å². The van der Waals surface area contributed by atoms with E-state index in [9.17, 15) is 4.79 Å². The number of rotatable bonds is 6. The summed E-state index contributed by atoms with van der Waals surface area (Å²) in [5, 5.41) is 0.697. The number of benzene rings is 1. The number of amides is 1. The molecular formula is C22H34ClN3O2. The molecule has 2 aliphatic rings. The van der Waals surface area contributed by atoms with Gasteiger partial charge in [0, 0.05) is 50.0 Å². The molecule has 0 spiro atoms. The zero-order chi connectivity index (χ0) is 20.1. The van der Waals surface area contributed by atoms with E-state index in [1.54, 1.807) is 0 Å². The van der Waals surface area contributed by atoms with Gasteiger partial charge in [-0.05, 0) is 49.3 Å². The maximum absolute atomic E-state index is 12.8. The van der Waals surface area contributed by atoms with Crippen LogP contribution in [0.15, 0.2) is 24.3 Å². The van der Waals surface area contributed by atoms with E-state index in [2.05, 4.69) is 18.7 Å². The van der Waals surface area contributed by atoms with Crippen LogP contribution in [0.4, 0.5) is 0 Å². The van der Waals surface area contributed by atoms with Gasteiger partial charge in [-0.3, -0.25) is 9.69 Å². The SMILES string of the molecule is CC(C)CC1(N2CCN(C(=O)[C@H](N)Cc3ccc(Cl)cc3)CC2)CCOCC1. The number of piperazine rings is 1. The zero-order valence-corrected chi connectivity index (χ0v) is 18.0. The first-order chi connectivity index (χ1) is 13.4. The Balaban J connectivity index is 1.56. The smallest absolute Gasteiger partial charge is 0.239 e. The van der Waals surface area contributed by atoms with Gasteiger partial charge in [0.25, 0.3) is 0 Å². The Bertz CT molecular complexity index is 636. The van der Waals surface area contributed by atoms with Gasteiger partial charge >= 0.3 is 0 Å². The molecular weight excluding hydrogens is 374 g/mol. The average molecular weight is 408 g/mol. The highest BCUT2D eigenvalue weighted by Crippen LogP contribution is 2.35. The summed E-state index contributed by atoms with van der Waals surface area (Å²) in [6.45, 7) is 9.65. The summed E-state index contributed by atoms with van der Waals surface area (Å²) in [7, 11) is 0. The van der Waals surface area contributed by atoms with Crippen LogP contribution in [0.1, 0.15) is 38.7 Å². The highest BCUT2D eigenvalue weighted by atomic mass is 35.5.